The minimum absolute atomic E-state index is 0.231. The van der Waals surface area contributed by atoms with Crippen LogP contribution in [-0.4, -0.2) is 24.7 Å². The lowest BCUT2D eigenvalue weighted by molar-refractivity contribution is -0.117. The first-order valence-corrected chi connectivity index (χ1v) is 7.10. The highest BCUT2D eigenvalue weighted by atomic mass is 16.1. The maximum absolute atomic E-state index is 12.3. The smallest absolute Gasteiger partial charge is 0.163 e. The minimum atomic E-state index is 0.231. The van der Waals surface area contributed by atoms with Crippen LogP contribution >= 0.6 is 0 Å². The van der Waals surface area contributed by atoms with Gasteiger partial charge in [0.25, 0.3) is 0 Å². The zero-order chi connectivity index (χ0) is 13.2. The summed E-state index contributed by atoms with van der Waals surface area (Å²) in [7, 11) is 0. The second kappa shape index (κ2) is 5.25. The van der Waals surface area contributed by atoms with E-state index in [0.29, 0.717) is 25.2 Å². The largest absolute Gasteiger partial charge is 0.317 e. The van der Waals surface area contributed by atoms with Crippen molar-refractivity contribution in [2.75, 3.05) is 13.1 Å². The molecule has 100 valence electrons. The van der Waals surface area contributed by atoms with E-state index in [1.54, 1.807) is 0 Å². The van der Waals surface area contributed by atoms with Crippen molar-refractivity contribution in [3.63, 3.8) is 0 Å². The number of benzene rings is 1. The van der Waals surface area contributed by atoms with Gasteiger partial charge >= 0.3 is 0 Å². The highest BCUT2D eigenvalue weighted by Crippen LogP contribution is 2.23. The molecule has 1 fully saturated rings. The third-order valence-electron chi connectivity index (χ3n) is 4.24. The molecule has 0 amide bonds. The molecule has 0 atom stereocenters. The molecular formula is C16H19NO2. The van der Waals surface area contributed by atoms with E-state index in [9.17, 15) is 9.59 Å². The van der Waals surface area contributed by atoms with Gasteiger partial charge in [-0.25, -0.2) is 0 Å². The number of fused-ring (bicyclic) bond motifs is 1. The summed E-state index contributed by atoms with van der Waals surface area (Å²) >= 11 is 0. The van der Waals surface area contributed by atoms with Crippen LogP contribution in [0.1, 0.15) is 40.7 Å². The van der Waals surface area contributed by atoms with Crippen LogP contribution in [0.4, 0.5) is 0 Å². The normalized spacial score (nSPS) is 19.5. The van der Waals surface area contributed by atoms with Crippen molar-refractivity contribution in [3.8, 4) is 0 Å². The molecule has 1 aromatic carbocycles. The Morgan fingerprint density at radius 3 is 2.68 bits per heavy atom. The van der Waals surface area contributed by atoms with Crippen LogP contribution in [-0.2, 0) is 17.6 Å². The van der Waals surface area contributed by atoms with Gasteiger partial charge < -0.3 is 5.32 Å². The molecule has 0 aromatic heterocycles. The summed E-state index contributed by atoms with van der Waals surface area (Å²) < 4.78 is 0. The molecule has 0 bridgehead atoms. The molecule has 1 saturated heterocycles. The van der Waals surface area contributed by atoms with Gasteiger partial charge in [0.1, 0.15) is 5.78 Å². The van der Waals surface area contributed by atoms with Gasteiger partial charge in [-0.2, -0.15) is 0 Å². The molecule has 3 rings (SSSR count). The van der Waals surface area contributed by atoms with E-state index >= 15 is 0 Å². The topological polar surface area (TPSA) is 46.2 Å². The number of ketones is 2. The SMILES string of the molecule is O=C1Cc2ccc(C(=O)CC3CCNCC3)cc2C1. The lowest BCUT2D eigenvalue weighted by Crippen LogP contribution is -2.28. The monoisotopic (exact) mass is 257 g/mol. The molecule has 0 saturated carbocycles. The number of nitrogens with one attached hydrogen (secondary N) is 1. The first-order chi connectivity index (χ1) is 9.22. The Kier molecular flexibility index (Phi) is 3.47. The van der Waals surface area contributed by atoms with E-state index < -0.39 is 0 Å². The van der Waals surface area contributed by atoms with Gasteiger partial charge in [0.15, 0.2) is 5.78 Å². The number of carbonyl (C=O) groups excluding carboxylic acids is 2. The number of rotatable bonds is 3. The Balaban J connectivity index is 1.70. The van der Waals surface area contributed by atoms with E-state index in [1.165, 1.54) is 0 Å². The van der Waals surface area contributed by atoms with Crippen molar-refractivity contribution in [1.29, 1.82) is 0 Å². The summed E-state index contributed by atoms with van der Waals surface area (Å²) in [6, 6.07) is 5.78. The Hall–Kier alpha value is -1.48. The van der Waals surface area contributed by atoms with Crippen molar-refractivity contribution in [1.82, 2.24) is 5.32 Å². The fourth-order valence-corrected chi connectivity index (χ4v) is 3.09. The van der Waals surface area contributed by atoms with E-state index in [2.05, 4.69) is 5.32 Å². The molecule has 1 aromatic rings. The van der Waals surface area contributed by atoms with Gasteiger partial charge in [-0.05, 0) is 49.0 Å². The Morgan fingerprint density at radius 1 is 1.16 bits per heavy atom. The summed E-state index contributed by atoms with van der Waals surface area (Å²) in [5.41, 5.74) is 2.94. The molecule has 3 heteroatoms. The second-order valence-electron chi connectivity index (χ2n) is 5.70. The number of Topliss-reactive ketones (excluding diaryl/α,β-unsaturated/α-hetero) is 2. The average molecular weight is 257 g/mol. The summed E-state index contributed by atoms with van der Waals surface area (Å²) in [4.78, 5) is 23.7. The molecule has 1 aliphatic heterocycles. The summed E-state index contributed by atoms with van der Waals surface area (Å²) in [6.07, 6.45) is 3.88. The second-order valence-corrected chi connectivity index (χ2v) is 5.70. The predicted molar refractivity (Wildman–Crippen MR) is 73.4 cm³/mol. The summed E-state index contributed by atoms with van der Waals surface area (Å²) in [6.45, 7) is 2.05. The molecule has 19 heavy (non-hydrogen) atoms. The van der Waals surface area contributed by atoms with Gasteiger partial charge in [-0.1, -0.05) is 12.1 Å². The third kappa shape index (κ3) is 2.76. The van der Waals surface area contributed by atoms with Gasteiger partial charge in [0.2, 0.25) is 0 Å². The van der Waals surface area contributed by atoms with E-state index in [0.717, 1.165) is 42.6 Å². The molecule has 0 unspecified atom stereocenters. The summed E-state index contributed by atoms with van der Waals surface area (Å²) in [5, 5.41) is 3.32. The average Bonchev–Trinajstić information content (AvgIpc) is 2.78. The Morgan fingerprint density at radius 2 is 1.89 bits per heavy atom. The van der Waals surface area contributed by atoms with Crippen LogP contribution in [0.3, 0.4) is 0 Å². The zero-order valence-corrected chi connectivity index (χ0v) is 11.1. The van der Waals surface area contributed by atoms with Crippen LogP contribution < -0.4 is 5.32 Å². The molecule has 1 aliphatic carbocycles. The van der Waals surface area contributed by atoms with Crippen LogP contribution in [0.2, 0.25) is 0 Å². The van der Waals surface area contributed by atoms with Gasteiger partial charge in [-0.15, -0.1) is 0 Å². The van der Waals surface area contributed by atoms with Crippen molar-refractivity contribution in [2.45, 2.75) is 32.1 Å². The fourth-order valence-electron chi connectivity index (χ4n) is 3.09. The number of hydrogen-bond acceptors (Lipinski definition) is 3. The maximum Gasteiger partial charge on any atom is 0.163 e. The Bertz CT molecular complexity index is 515. The van der Waals surface area contributed by atoms with Gasteiger partial charge in [0.05, 0.1) is 0 Å². The first kappa shape index (κ1) is 12.5. The van der Waals surface area contributed by atoms with E-state index in [-0.39, 0.29) is 11.6 Å². The molecule has 1 heterocycles. The minimum Gasteiger partial charge on any atom is -0.317 e. The highest BCUT2D eigenvalue weighted by molar-refractivity contribution is 5.97. The van der Waals surface area contributed by atoms with Crippen LogP contribution in [0.15, 0.2) is 18.2 Å². The maximum atomic E-state index is 12.3. The predicted octanol–water partition coefficient (Wildman–Crippen LogP) is 1.93. The Labute approximate surface area is 113 Å². The summed E-state index contributed by atoms with van der Waals surface area (Å²) in [5.74, 6) is 1.01. The standard InChI is InChI=1S/C16H19NO2/c18-15-9-12-1-2-13(8-14(12)10-15)16(19)7-11-3-5-17-6-4-11/h1-2,8,11,17H,3-7,9-10H2. The quantitative estimate of drug-likeness (QED) is 0.842. The van der Waals surface area contributed by atoms with Crippen LogP contribution in [0.5, 0.6) is 0 Å². The van der Waals surface area contributed by atoms with Crippen LogP contribution in [0.25, 0.3) is 0 Å². The van der Waals surface area contributed by atoms with Crippen molar-refractivity contribution < 1.29 is 9.59 Å². The number of hydrogen-bond donors (Lipinski definition) is 1. The first-order valence-electron chi connectivity index (χ1n) is 7.10. The van der Waals surface area contributed by atoms with Crippen molar-refractivity contribution >= 4 is 11.6 Å². The fraction of sp³-hybridized carbons (Fsp3) is 0.500. The lowest BCUT2D eigenvalue weighted by Gasteiger charge is -2.21. The molecular weight excluding hydrogens is 238 g/mol. The molecule has 2 aliphatic rings. The third-order valence-corrected chi connectivity index (χ3v) is 4.24. The van der Waals surface area contributed by atoms with E-state index in [4.69, 9.17) is 0 Å². The molecule has 1 N–H and O–H groups in total. The van der Waals surface area contributed by atoms with Crippen LogP contribution in [0, 0.1) is 5.92 Å². The number of carbonyl (C=O) groups is 2. The lowest BCUT2D eigenvalue weighted by atomic mass is 9.90. The molecule has 3 nitrogen and oxygen atoms in total. The van der Waals surface area contributed by atoms with Gasteiger partial charge in [-0.3, -0.25) is 9.59 Å². The van der Waals surface area contributed by atoms with E-state index in [1.807, 2.05) is 18.2 Å². The number of piperidine rings is 1. The van der Waals surface area contributed by atoms with Gasteiger partial charge in [0, 0.05) is 24.8 Å². The van der Waals surface area contributed by atoms with Crippen molar-refractivity contribution in [3.05, 3.63) is 34.9 Å². The zero-order valence-electron chi connectivity index (χ0n) is 11.1. The molecule has 0 spiro atoms. The molecule has 0 radical (unpaired) electrons. The van der Waals surface area contributed by atoms with Crippen molar-refractivity contribution in [2.24, 2.45) is 5.92 Å². The highest BCUT2D eigenvalue weighted by Gasteiger charge is 2.21.